The number of nitrogens with zero attached hydrogens (tertiary/aromatic N) is 4. The van der Waals surface area contributed by atoms with Gasteiger partial charge in [-0.3, -0.25) is 4.79 Å². The van der Waals surface area contributed by atoms with E-state index in [4.69, 9.17) is 9.26 Å². The van der Waals surface area contributed by atoms with Gasteiger partial charge in [0.05, 0.1) is 42.6 Å². The van der Waals surface area contributed by atoms with Crippen molar-refractivity contribution in [3.05, 3.63) is 113 Å². The molecule has 5 aromatic rings. The lowest BCUT2D eigenvalue weighted by Crippen LogP contribution is -2.07. The smallest absolute Gasteiger partial charge is 0.416 e. The number of halogens is 3. The van der Waals surface area contributed by atoms with Gasteiger partial charge in [-0.15, -0.1) is 5.10 Å². The molecule has 1 N–H and O–H groups in total. The van der Waals surface area contributed by atoms with Crippen LogP contribution in [0.2, 0.25) is 0 Å². The summed E-state index contributed by atoms with van der Waals surface area (Å²) in [5.41, 5.74) is 4.17. The Balaban J connectivity index is 1.32. The molecule has 3 aromatic carbocycles. The maximum Gasteiger partial charge on any atom is 0.416 e. The third kappa shape index (κ3) is 6.41. The lowest BCUT2D eigenvalue weighted by molar-refractivity contribution is -0.142. The second-order valence-electron chi connectivity index (χ2n) is 9.71. The summed E-state index contributed by atoms with van der Waals surface area (Å²) in [7, 11) is 0. The fourth-order valence-corrected chi connectivity index (χ4v) is 4.61. The maximum atomic E-state index is 13.1. The number of benzene rings is 3. The summed E-state index contributed by atoms with van der Waals surface area (Å²) < 4.78 is 51.2. The van der Waals surface area contributed by atoms with Crippen molar-refractivity contribution in [3.63, 3.8) is 0 Å². The van der Waals surface area contributed by atoms with E-state index in [1.165, 1.54) is 16.9 Å². The lowest BCUT2D eigenvalue weighted by atomic mass is 9.98. The molecule has 0 saturated heterocycles. The van der Waals surface area contributed by atoms with E-state index in [0.717, 1.165) is 28.8 Å². The van der Waals surface area contributed by atoms with Gasteiger partial charge >= 0.3 is 12.1 Å². The third-order valence-corrected chi connectivity index (χ3v) is 6.71. The fourth-order valence-electron chi connectivity index (χ4n) is 4.61. The Morgan fingerprint density at radius 2 is 1.67 bits per heavy atom. The number of hydrogen-bond donors (Lipinski definition) is 1. The maximum absolute atomic E-state index is 13.1. The van der Waals surface area contributed by atoms with Gasteiger partial charge in [0.1, 0.15) is 11.8 Å². The van der Waals surface area contributed by atoms with Crippen LogP contribution in [0, 0.1) is 6.92 Å². The van der Waals surface area contributed by atoms with E-state index in [1.54, 1.807) is 19.9 Å². The van der Waals surface area contributed by atoms with Crippen molar-refractivity contribution in [2.45, 2.75) is 39.1 Å². The van der Waals surface area contributed by atoms with E-state index in [1.807, 2.05) is 48.5 Å². The van der Waals surface area contributed by atoms with Crippen LogP contribution >= 0.6 is 0 Å². The number of carbonyl (C=O) groups excluding carboxylic acids is 1. The van der Waals surface area contributed by atoms with Crippen molar-refractivity contribution < 1.29 is 32.3 Å². The molecule has 8 nitrogen and oxygen atoms in total. The largest absolute Gasteiger partial charge is 0.466 e. The quantitative estimate of drug-likeness (QED) is 0.210. The molecule has 0 aliphatic heterocycles. The topological polar surface area (TPSA) is 103 Å². The first-order valence-corrected chi connectivity index (χ1v) is 13.2. The van der Waals surface area contributed by atoms with Crippen molar-refractivity contribution in [2.24, 2.45) is 0 Å². The van der Waals surface area contributed by atoms with E-state index in [-0.39, 0.29) is 24.6 Å². The molecule has 0 aliphatic carbocycles. The minimum Gasteiger partial charge on any atom is -0.466 e. The number of aryl methyl sites for hydroxylation is 1. The average molecular weight is 577 g/mol. The summed E-state index contributed by atoms with van der Waals surface area (Å²) in [6, 6.07) is 20.1. The Hall–Kier alpha value is -4.77. The Morgan fingerprint density at radius 1 is 1.00 bits per heavy atom. The molecule has 1 unspecified atom stereocenters. The molecular weight excluding hydrogens is 549 g/mol. The molecule has 2 aromatic heterocycles. The van der Waals surface area contributed by atoms with Crippen LogP contribution < -0.4 is 0 Å². The van der Waals surface area contributed by atoms with Gasteiger partial charge in [-0.2, -0.15) is 13.2 Å². The van der Waals surface area contributed by atoms with Crippen LogP contribution in [0.4, 0.5) is 13.2 Å². The number of alkyl halides is 3. The molecule has 5 rings (SSSR count). The minimum atomic E-state index is -4.45. The SMILES string of the molecule is CCOC(=O)Cc1ccc(-c2ccc(-c3onc(C)c3C(O)c3cn(Cc4cccc(C(F)(F)F)c4)nn3)cc2)cc1. The highest BCUT2D eigenvalue weighted by Gasteiger charge is 2.30. The monoisotopic (exact) mass is 576 g/mol. The van der Waals surface area contributed by atoms with Gasteiger partial charge in [0.15, 0.2) is 5.76 Å². The van der Waals surface area contributed by atoms with E-state index in [0.29, 0.717) is 34.8 Å². The molecule has 0 spiro atoms. The number of hydrogen-bond acceptors (Lipinski definition) is 7. The number of ether oxygens (including phenoxy) is 1. The zero-order valence-corrected chi connectivity index (χ0v) is 22.8. The standard InChI is InChI=1S/C31H27F3N4O4/c1-3-41-27(39)16-20-7-9-22(10-8-20)23-11-13-24(14-12-23)30-28(19(2)36-42-30)29(40)26-18-38(37-35-26)17-21-5-4-6-25(15-21)31(32,33)34/h4-15,18,29,40H,3,16-17H2,1-2H3. The second kappa shape index (κ2) is 12.0. The number of aliphatic hydroxyl groups excluding tert-OH is 1. The number of esters is 1. The fraction of sp³-hybridized carbons (Fsp3) is 0.226. The average Bonchev–Trinajstić information content (AvgIpc) is 3.60. The molecule has 11 heteroatoms. The Morgan fingerprint density at radius 3 is 2.33 bits per heavy atom. The van der Waals surface area contributed by atoms with Gasteiger partial charge in [-0.1, -0.05) is 71.0 Å². The molecule has 0 saturated carbocycles. The van der Waals surface area contributed by atoms with E-state index >= 15 is 0 Å². The summed E-state index contributed by atoms with van der Waals surface area (Å²) in [6.07, 6.45) is -3.98. The third-order valence-electron chi connectivity index (χ3n) is 6.71. The molecule has 42 heavy (non-hydrogen) atoms. The second-order valence-corrected chi connectivity index (χ2v) is 9.71. The van der Waals surface area contributed by atoms with Crippen LogP contribution in [0.25, 0.3) is 22.5 Å². The highest BCUT2D eigenvalue weighted by molar-refractivity contribution is 5.74. The predicted molar refractivity (Wildman–Crippen MR) is 147 cm³/mol. The van der Waals surface area contributed by atoms with Gasteiger partial charge in [0, 0.05) is 5.56 Å². The summed E-state index contributed by atoms with van der Waals surface area (Å²) in [5, 5.41) is 23.3. The van der Waals surface area contributed by atoms with Gasteiger partial charge in [0.25, 0.3) is 0 Å². The van der Waals surface area contributed by atoms with Gasteiger partial charge in [0.2, 0.25) is 0 Å². The molecule has 0 bridgehead atoms. The molecule has 0 fully saturated rings. The molecule has 0 amide bonds. The molecule has 1 atom stereocenters. The summed E-state index contributed by atoms with van der Waals surface area (Å²) in [4.78, 5) is 11.7. The Labute approximate surface area is 239 Å². The first-order chi connectivity index (χ1) is 20.1. The number of aromatic nitrogens is 4. The van der Waals surface area contributed by atoms with E-state index in [9.17, 15) is 23.1 Å². The van der Waals surface area contributed by atoms with Crippen LogP contribution in [-0.4, -0.2) is 37.8 Å². The summed E-state index contributed by atoms with van der Waals surface area (Å²) >= 11 is 0. The Bertz CT molecular complexity index is 1680. The molecule has 0 radical (unpaired) electrons. The molecule has 0 aliphatic rings. The zero-order valence-electron chi connectivity index (χ0n) is 22.8. The minimum absolute atomic E-state index is 0.0460. The van der Waals surface area contributed by atoms with Crippen LogP contribution in [0.3, 0.4) is 0 Å². The molecule has 216 valence electrons. The van der Waals surface area contributed by atoms with Crippen LogP contribution in [-0.2, 0) is 28.7 Å². The van der Waals surface area contributed by atoms with Crippen LogP contribution in [0.15, 0.2) is 83.5 Å². The lowest BCUT2D eigenvalue weighted by Gasteiger charge is -2.10. The molecule has 2 heterocycles. The number of rotatable bonds is 9. The normalized spacial score (nSPS) is 12.3. The van der Waals surface area contributed by atoms with Crippen molar-refractivity contribution in [1.29, 1.82) is 0 Å². The van der Waals surface area contributed by atoms with Gasteiger partial charge in [-0.05, 0) is 48.2 Å². The molecular formula is C31H27F3N4O4. The zero-order chi connectivity index (χ0) is 29.9. The van der Waals surface area contributed by atoms with E-state index < -0.39 is 17.8 Å². The van der Waals surface area contributed by atoms with E-state index in [2.05, 4.69) is 15.5 Å². The van der Waals surface area contributed by atoms with Crippen molar-refractivity contribution in [2.75, 3.05) is 6.61 Å². The van der Waals surface area contributed by atoms with Crippen molar-refractivity contribution in [3.8, 4) is 22.5 Å². The van der Waals surface area contributed by atoms with Gasteiger partial charge < -0.3 is 14.4 Å². The summed E-state index contributed by atoms with van der Waals surface area (Å²) in [5.74, 6) is 0.0944. The van der Waals surface area contributed by atoms with Crippen molar-refractivity contribution >= 4 is 5.97 Å². The summed E-state index contributed by atoms with van der Waals surface area (Å²) in [6.45, 7) is 3.86. The number of aliphatic hydroxyl groups is 1. The predicted octanol–water partition coefficient (Wildman–Crippen LogP) is 6.16. The first kappa shape index (κ1) is 28.7. The van der Waals surface area contributed by atoms with Gasteiger partial charge in [-0.25, -0.2) is 4.68 Å². The van der Waals surface area contributed by atoms with Crippen molar-refractivity contribution in [1.82, 2.24) is 20.2 Å². The van der Waals surface area contributed by atoms with Crippen LogP contribution in [0.5, 0.6) is 0 Å². The Kier molecular flexibility index (Phi) is 8.21. The first-order valence-electron chi connectivity index (χ1n) is 13.2. The highest BCUT2D eigenvalue weighted by Crippen LogP contribution is 2.35. The number of carbonyl (C=O) groups is 1. The van der Waals surface area contributed by atoms with Crippen LogP contribution in [0.1, 0.15) is 46.7 Å². The highest BCUT2D eigenvalue weighted by atomic mass is 19.4.